The molecule has 1 aromatic carbocycles. The van der Waals surface area contributed by atoms with E-state index >= 15 is 0 Å². The van der Waals surface area contributed by atoms with Crippen LogP contribution in [-0.4, -0.2) is 26.2 Å². The zero-order valence-electron chi connectivity index (χ0n) is 9.57. The Hall–Kier alpha value is -1.18. The van der Waals surface area contributed by atoms with Gasteiger partial charge in [0.05, 0.1) is 6.10 Å². The van der Waals surface area contributed by atoms with Gasteiger partial charge in [-0.2, -0.15) is 0 Å². The number of hydrogen-bond acceptors (Lipinski definition) is 4. The fourth-order valence-corrected chi connectivity index (χ4v) is 2.40. The first-order valence-electron chi connectivity index (χ1n) is 4.97. The maximum absolute atomic E-state index is 13.5. The summed E-state index contributed by atoms with van der Waals surface area (Å²) >= 11 is 0. The molecule has 0 bridgehead atoms. The molecule has 7 heteroatoms. The average Bonchev–Trinajstić information content (AvgIpc) is 2.20. The number of nitrogens with two attached hydrogens (primary N) is 1. The number of nitrogens with one attached hydrogen (secondary N) is 1. The first-order valence-corrected chi connectivity index (χ1v) is 6.45. The van der Waals surface area contributed by atoms with E-state index in [9.17, 15) is 12.8 Å². The molecule has 1 rings (SSSR count). The minimum Gasteiger partial charge on any atom is -0.398 e. The van der Waals surface area contributed by atoms with E-state index in [0.29, 0.717) is 5.56 Å². The fourth-order valence-electron chi connectivity index (χ4n) is 1.18. The van der Waals surface area contributed by atoms with E-state index in [1.54, 1.807) is 6.92 Å². The Morgan fingerprint density at radius 1 is 1.53 bits per heavy atom. The van der Waals surface area contributed by atoms with Gasteiger partial charge in [-0.3, -0.25) is 0 Å². The van der Waals surface area contributed by atoms with Crippen molar-refractivity contribution in [3.63, 3.8) is 0 Å². The van der Waals surface area contributed by atoms with Gasteiger partial charge in [0.25, 0.3) is 0 Å². The van der Waals surface area contributed by atoms with E-state index in [0.717, 1.165) is 12.1 Å². The number of aliphatic hydroxyl groups is 1. The molecule has 0 spiro atoms. The van der Waals surface area contributed by atoms with Crippen LogP contribution in [0.2, 0.25) is 0 Å². The number of anilines is 1. The van der Waals surface area contributed by atoms with E-state index in [-0.39, 0.29) is 12.2 Å². The molecule has 0 saturated carbocycles. The summed E-state index contributed by atoms with van der Waals surface area (Å²) in [7, 11) is -3.99. The standard InChI is InChI=1S/C10H15FN2O3S/c1-6-3-8(11)10(4-9(6)12)17(15,16)13-5-7(2)14/h3-4,7,13-14H,5,12H2,1-2H3/t7-/m0/s1. The second-order valence-electron chi connectivity index (χ2n) is 3.84. The highest BCUT2D eigenvalue weighted by atomic mass is 32.2. The van der Waals surface area contributed by atoms with Gasteiger partial charge in [0.2, 0.25) is 10.0 Å². The van der Waals surface area contributed by atoms with Crippen LogP contribution in [0.4, 0.5) is 10.1 Å². The highest BCUT2D eigenvalue weighted by molar-refractivity contribution is 7.89. The van der Waals surface area contributed by atoms with Gasteiger partial charge in [-0.25, -0.2) is 17.5 Å². The van der Waals surface area contributed by atoms with Gasteiger partial charge in [-0.1, -0.05) is 0 Å². The quantitative estimate of drug-likeness (QED) is 0.684. The van der Waals surface area contributed by atoms with Crippen molar-refractivity contribution in [2.24, 2.45) is 0 Å². The van der Waals surface area contributed by atoms with Crippen molar-refractivity contribution in [1.82, 2.24) is 4.72 Å². The van der Waals surface area contributed by atoms with E-state index in [1.165, 1.54) is 6.92 Å². The summed E-state index contributed by atoms with van der Waals surface area (Å²) in [4.78, 5) is -0.513. The van der Waals surface area contributed by atoms with Crippen molar-refractivity contribution >= 4 is 15.7 Å². The third kappa shape index (κ3) is 3.39. The average molecular weight is 262 g/mol. The zero-order valence-corrected chi connectivity index (χ0v) is 10.4. The van der Waals surface area contributed by atoms with Gasteiger partial charge in [-0.05, 0) is 31.5 Å². The Bertz CT molecular complexity index is 515. The minimum absolute atomic E-state index is 0.185. The summed E-state index contributed by atoms with van der Waals surface area (Å²) < 4.78 is 39.0. The summed E-state index contributed by atoms with van der Waals surface area (Å²) in [6.45, 7) is 2.82. The van der Waals surface area contributed by atoms with Crippen molar-refractivity contribution in [2.75, 3.05) is 12.3 Å². The summed E-state index contributed by atoms with van der Waals surface area (Å²) in [6, 6.07) is 2.13. The molecule has 4 N–H and O–H groups in total. The van der Waals surface area contributed by atoms with Gasteiger partial charge < -0.3 is 10.8 Å². The summed E-state index contributed by atoms with van der Waals surface area (Å²) in [5.74, 6) is -0.866. The second kappa shape index (κ2) is 4.99. The Morgan fingerprint density at radius 3 is 2.65 bits per heavy atom. The minimum atomic E-state index is -3.99. The number of aliphatic hydroxyl groups excluding tert-OH is 1. The van der Waals surface area contributed by atoms with Crippen LogP contribution in [0.15, 0.2) is 17.0 Å². The molecular formula is C10H15FN2O3S. The topological polar surface area (TPSA) is 92.4 Å². The molecule has 0 fully saturated rings. The van der Waals surface area contributed by atoms with Crippen molar-refractivity contribution in [3.05, 3.63) is 23.5 Å². The third-order valence-electron chi connectivity index (χ3n) is 2.18. The lowest BCUT2D eigenvalue weighted by molar-refractivity contribution is 0.198. The molecule has 1 aromatic rings. The summed E-state index contributed by atoms with van der Waals surface area (Å²) in [6.07, 6.45) is -0.851. The molecule has 17 heavy (non-hydrogen) atoms. The summed E-state index contributed by atoms with van der Waals surface area (Å²) in [5, 5.41) is 8.99. The predicted octanol–water partition coefficient (Wildman–Crippen LogP) is 0.375. The highest BCUT2D eigenvalue weighted by Crippen LogP contribution is 2.21. The van der Waals surface area contributed by atoms with Crippen LogP contribution in [0.3, 0.4) is 0 Å². The lowest BCUT2D eigenvalue weighted by Gasteiger charge is -2.10. The van der Waals surface area contributed by atoms with Crippen molar-refractivity contribution in [1.29, 1.82) is 0 Å². The van der Waals surface area contributed by atoms with E-state index < -0.39 is 26.8 Å². The largest absolute Gasteiger partial charge is 0.398 e. The number of hydrogen-bond donors (Lipinski definition) is 3. The molecule has 0 amide bonds. The first kappa shape index (κ1) is 13.9. The third-order valence-corrected chi connectivity index (χ3v) is 3.62. The van der Waals surface area contributed by atoms with Crippen molar-refractivity contribution < 1.29 is 17.9 Å². The van der Waals surface area contributed by atoms with Gasteiger partial charge >= 0.3 is 0 Å². The van der Waals surface area contributed by atoms with Gasteiger partial charge in [0.15, 0.2) is 0 Å². The molecule has 0 heterocycles. The maximum atomic E-state index is 13.5. The lowest BCUT2D eigenvalue weighted by atomic mass is 10.2. The Morgan fingerprint density at radius 2 is 2.12 bits per heavy atom. The number of halogens is 1. The highest BCUT2D eigenvalue weighted by Gasteiger charge is 2.20. The Labute approximate surface area is 99.5 Å². The molecule has 96 valence electrons. The predicted molar refractivity (Wildman–Crippen MR) is 62.4 cm³/mol. The molecule has 0 aliphatic heterocycles. The van der Waals surface area contributed by atoms with E-state index in [4.69, 9.17) is 10.8 Å². The second-order valence-corrected chi connectivity index (χ2v) is 5.58. The number of rotatable bonds is 4. The van der Waals surface area contributed by atoms with E-state index in [2.05, 4.69) is 4.72 Å². The van der Waals surface area contributed by atoms with E-state index in [1.807, 2.05) is 0 Å². The molecule has 0 aliphatic carbocycles. The van der Waals surface area contributed by atoms with Crippen LogP contribution < -0.4 is 10.5 Å². The Kier molecular flexibility index (Phi) is 4.07. The van der Waals surface area contributed by atoms with Gasteiger partial charge in [0, 0.05) is 12.2 Å². The number of aryl methyl sites for hydroxylation is 1. The molecule has 5 nitrogen and oxygen atoms in total. The lowest BCUT2D eigenvalue weighted by Crippen LogP contribution is -2.31. The monoisotopic (exact) mass is 262 g/mol. The maximum Gasteiger partial charge on any atom is 0.243 e. The fraction of sp³-hybridized carbons (Fsp3) is 0.400. The van der Waals surface area contributed by atoms with Crippen LogP contribution in [0.5, 0.6) is 0 Å². The van der Waals surface area contributed by atoms with Crippen molar-refractivity contribution in [3.8, 4) is 0 Å². The van der Waals surface area contributed by atoms with Crippen LogP contribution >= 0.6 is 0 Å². The first-order chi connectivity index (χ1) is 7.74. The molecular weight excluding hydrogens is 247 g/mol. The normalized spacial score (nSPS) is 13.6. The summed E-state index contributed by atoms with van der Waals surface area (Å²) in [5.41, 5.74) is 6.20. The molecule has 0 unspecified atom stereocenters. The number of nitrogen functional groups attached to an aromatic ring is 1. The Balaban J connectivity index is 3.11. The van der Waals surface area contributed by atoms with Crippen LogP contribution in [-0.2, 0) is 10.0 Å². The smallest absolute Gasteiger partial charge is 0.243 e. The molecule has 0 aromatic heterocycles. The van der Waals surface area contributed by atoms with Crippen LogP contribution in [0.25, 0.3) is 0 Å². The molecule has 1 atom stereocenters. The SMILES string of the molecule is Cc1cc(F)c(S(=O)(=O)NC[C@H](C)O)cc1N. The van der Waals surface area contributed by atoms with Gasteiger partial charge in [0.1, 0.15) is 10.7 Å². The number of benzene rings is 1. The van der Waals surface area contributed by atoms with Crippen LogP contribution in [0, 0.1) is 12.7 Å². The zero-order chi connectivity index (χ0) is 13.2. The number of sulfonamides is 1. The van der Waals surface area contributed by atoms with Crippen molar-refractivity contribution in [2.45, 2.75) is 24.8 Å². The molecule has 0 saturated heterocycles. The van der Waals surface area contributed by atoms with Crippen LogP contribution in [0.1, 0.15) is 12.5 Å². The molecule has 0 radical (unpaired) electrons. The van der Waals surface area contributed by atoms with Gasteiger partial charge in [-0.15, -0.1) is 0 Å². The molecule has 0 aliphatic rings.